The molecule has 0 amide bonds. The molecule has 11 nitrogen and oxygen atoms in total. The predicted octanol–water partition coefficient (Wildman–Crippen LogP) is 2.58. The topological polar surface area (TPSA) is 139 Å². The van der Waals surface area contributed by atoms with Crippen LogP contribution in [0, 0.1) is 6.92 Å². The number of piperidine rings is 1. The van der Waals surface area contributed by atoms with E-state index < -0.39 is 10.0 Å². The van der Waals surface area contributed by atoms with Crippen LogP contribution in [0.2, 0.25) is 0 Å². The Morgan fingerprint density at radius 2 is 1.91 bits per heavy atom. The summed E-state index contributed by atoms with van der Waals surface area (Å²) < 4.78 is 31.4. The van der Waals surface area contributed by atoms with Gasteiger partial charge < -0.3 is 15.0 Å². The van der Waals surface area contributed by atoms with Crippen molar-refractivity contribution in [1.82, 2.24) is 34.2 Å². The van der Waals surface area contributed by atoms with Gasteiger partial charge in [-0.15, -0.1) is 0 Å². The lowest BCUT2D eigenvalue weighted by atomic mass is 10.1. The van der Waals surface area contributed by atoms with E-state index >= 15 is 0 Å². The first kappa shape index (κ1) is 22.4. The third kappa shape index (κ3) is 4.50. The number of fused-ring (bicyclic) bond motifs is 2. The molecule has 5 rings (SSSR count). The maximum atomic E-state index is 11.8. The van der Waals surface area contributed by atoms with E-state index in [-0.39, 0.29) is 12.1 Å². The van der Waals surface area contributed by atoms with Gasteiger partial charge in [0, 0.05) is 13.1 Å². The van der Waals surface area contributed by atoms with E-state index in [4.69, 9.17) is 14.7 Å². The molecule has 34 heavy (non-hydrogen) atoms. The second-order valence-corrected chi connectivity index (χ2v) is 10.5. The van der Waals surface area contributed by atoms with Crippen molar-refractivity contribution in [2.24, 2.45) is 0 Å². The Morgan fingerprint density at radius 3 is 2.68 bits per heavy atom. The van der Waals surface area contributed by atoms with E-state index in [1.165, 1.54) is 16.9 Å². The maximum absolute atomic E-state index is 11.8. The molecule has 1 atom stereocenters. The SMILES string of the molecule is Cc1nc2ncnc(N[C@@H](C)c3nc(OC4CCN(S(C)(=O)=O)CC4)c4ccccc4n3)c2[nH]1. The minimum atomic E-state index is -3.19. The number of aromatic amines is 1. The summed E-state index contributed by atoms with van der Waals surface area (Å²) >= 11 is 0. The van der Waals surface area contributed by atoms with Crippen LogP contribution in [0.1, 0.15) is 37.5 Å². The molecule has 3 aromatic heterocycles. The van der Waals surface area contributed by atoms with E-state index in [9.17, 15) is 8.42 Å². The van der Waals surface area contributed by atoms with Crippen molar-refractivity contribution in [3.05, 3.63) is 42.2 Å². The van der Waals surface area contributed by atoms with Crippen molar-refractivity contribution < 1.29 is 13.2 Å². The number of H-pyrrole nitrogens is 1. The summed E-state index contributed by atoms with van der Waals surface area (Å²) in [4.78, 5) is 25.6. The Hall–Kier alpha value is -3.38. The van der Waals surface area contributed by atoms with Crippen LogP contribution in [-0.2, 0) is 10.0 Å². The van der Waals surface area contributed by atoms with Crippen LogP contribution in [0.25, 0.3) is 22.1 Å². The third-order valence-electron chi connectivity index (χ3n) is 5.88. The van der Waals surface area contributed by atoms with Gasteiger partial charge in [0.2, 0.25) is 15.9 Å². The summed E-state index contributed by atoms with van der Waals surface area (Å²) in [7, 11) is -3.19. The fraction of sp³-hybridized carbons (Fsp3) is 0.409. The summed E-state index contributed by atoms with van der Waals surface area (Å²) in [5, 5.41) is 4.17. The molecule has 0 saturated carbocycles. The Balaban J connectivity index is 1.41. The lowest BCUT2D eigenvalue weighted by molar-refractivity contribution is 0.131. The fourth-order valence-corrected chi connectivity index (χ4v) is 4.98. The highest BCUT2D eigenvalue weighted by molar-refractivity contribution is 7.88. The number of nitrogens with one attached hydrogen (secondary N) is 2. The minimum absolute atomic E-state index is 0.123. The molecule has 1 aliphatic heterocycles. The molecule has 4 heterocycles. The van der Waals surface area contributed by atoms with Gasteiger partial charge in [-0.25, -0.2) is 32.7 Å². The second kappa shape index (κ2) is 8.76. The number of aromatic nitrogens is 6. The number of imidazole rings is 1. The second-order valence-electron chi connectivity index (χ2n) is 8.49. The first-order valence-corrected chi connectivity index (χ1v) is 12.9. The van der Waals surface area contributed by atoms with Gasteiger partial charge in [-0.05, 0) is 38.8 Å². The van der Waals surface area contributed by atoms with Crippen LogP contribution in [0.4, 0.5) is 5.82 Å². The molecule has 0 unspecified atom stereocenters. The quantitative estimate of drug-likeness (QED) is 0.424. The van der Waals surface area contributed by atoms with Gasteiger partial charge in [-0.2, -0.15) is 4.98 Å². The zero-order valence-corrected chi connectivity index (χ0v) is 20.0. The highest BCUT2D eigenvalue weighted by atomic mass is 32.2. The standard InChI is InChI=1S/C22H26N8O3S/c1-13(25-20-18-21(24-12-23-20)27-14(2)26-18)19-28-17-7-5-4-6-16(17)22(29-19)33-15-8-10-30(11-9-15)34(3,31)32/h4-7,12-13,15H,8-11H2,1-3H3,(H2,23,24,25,26,27)/t13-/m0/s1. The van der Waals surface area contributed by atoms with Crippen molar-refractivity contribution >= 4 is 37.9 Å². The third-order valence-corrected chi connectivity index (χ3v) is 7.18. The number of para-hydroxylation sites is 1. The van der Waals surface area contributed by atoms with Crippen molar-refractivity contribution in [3.63, 3.8) is 0 Å². The van der Waals surface area contributed by atoms with Gasteiger partial charge in [0.15, 0.2) is 17.3 Å². The molecule has 4 aromatic rings. The van der Waals surface area contributed by atoms with Crippen molar-refractivity contribution in [2.45, 2.75) is 38.8 Å². The number of ether oxygens (including phenoxy) is 1. The highest BCUT2D eigenvalue weighted by Crippen LogP contribution is 2.29. The van der Waals surface area contributed by atoms with E-state index in [0.717, 1.165) is 22.2 Å². The molecule has 2 N–H and O–H groups in total. The molecule has 178 valence electrons. The number of aryl methyl sites for hydroxylation is 1. The fourth-order valence-electron chi connectivity index (χ4n) is 4.11. The van der Waals surface area contributed by atoms with E-state index in [0.29, 0.717) is 49.1 Å². The van der Waals surface area contributed by atoms with Crippen molar-refractivity contribution in [1.29, 1.82) is 0 Å². The summed E-state index contributed by atoms with van der Waals surface area (Å²) in [5.74, 6) is 2.43. The van der Waals surface area contributed by atoms with Gasteiger partial charge in [-0.3, -0.25) is 0 Å². The number of sulfonamides is 1. The highest BCUT2D eigenvalue weighted by Gasteiger charge is 2.27. The summed E-state index contributed by atoms with van der Waals surface area (Å²) in [5.41, 5.74) is 2.09. The number of hydrogen-bond acceptors (Lipinski definition) is 9. The largest absolute Gasteiger partial charge is 0.474 e. The summed E-state index contributed by atoms with van der Waals surface area (Å²) in [6.07, 6.45) is 3.79. The molecule has 1 fully saturated rings. The zero-order chi connectivity index (χ0) is 23.9. The number of rotatable bonds is 6. The molecule has 1 aliphatic rings. The molecule has 0 radical (unpaired) electrons. The monoisotopic (exact) mass is 482 g/mol. The first-order chi connectivity index (χ1) is 16.3. The average Bonchev–Trinajstić information content (AvgIpc) is 3.20. The number of anilines is 1. The first-order valence-electron chi connectivity index (χ1n) is 11.1. The Labute approximate surface area is 197 Å². The number of hydrogen-bond donors (Lipinski definition) is 2. The molecule has 1 aromatic carbocycles. The minimum Gasteiger partial charge on any atom is -0.474 e. The smallest absolute Gasteiger partial charge is 0.225 e. The van der Waals surface area contributed by atoms with Gasteiger partial charge in [0.05, 0.1) is 23.2 Å². The van der Waals surface area contributed by atoms with Crippen LogP contribution in [0.3, 0.4) is 0 Å². The van der Waals surface area contributed by atoms with Gasteiger partial charge in [-0.1, -0.05) is 12.1 Å². The number of nitrogens with zero attached hydrogens (tertiary/aromatic N) is 6. The van der Waals surface area contributed by atoms with Crippen molar-refractivity contribution in [2.75, 3.05) is 24.7 Å². The van der Waals surface area contributed by atoms with E-state index in [1.54, 1.807) is 0 Å². The summed E-state index contributed by atoms with van der Waals surface area (Å²) in [6, 6.07) is 7.42. The maximum Gasteiger partial charge on any atom is 0.225 e. The van der Waals surface area contributed by atoms with E-state index in [1.807, 2.05) is 38.1 Å². The zero-order valence-electron chi connectivity index (χ0n) is 19.2. The molecular formula is C22H26N8O3S. The average molecular weight is 483 g/mol. The van der Waals surface area contributed by atoms with Gasteiger partial charge in [0.1, 0.15) is 23.8 Å². The predicted molar refractivity (Wildman–Crippen MR) is 128 cm³/mol. The number of benzene rings is 1. The molecule has 0 bridgehead atoms. The van der Waals surface area contributed by atoms with Crippen LogP contribution < -0.4 is 10.1 Å². The lowest BCUT2D eigenvalue weighted by Crippen LogP contribution is -2.41. The van der Waals surface area contributed by atoms with Crippen molar-refractivity contribution in [3.8, 4) is 5.88 Å². The molecule has 0 spiro atoms. The normalized spacial score (nSPS) is 16.7. The Bertz CT molecular complexity index is 1450. The Morgan fingerprint density at radius 1 is 1.15 bits per heavy atom. The van der Waals surface area contributed by atoms with Gasteiger partial charge in [0.25, 0.3) is 0 Å². The molecule has 1 saturated heterocycles. The summed E-state index contributed by atoms with van der Waals surface area (Å²) in [6.45, 7) is 4.69. The van der Waals surface area contributed by atoms with Crippen LogP contribution in [0.5, 0.6) is 5.88 Å². The molecule has 0 aliphatic carbocycles. The van der Waals surface area contributed by atoms with Gasteiger partial charge >= 0.3 is 0 Å². The molecular weight excluding hydrogens is 456 g/mol. The molecule has 12 heteroatoms. The Kier molecular flexibility index (Phi) is 5.78. The van der Waals surface area contributed by atoms with Crippen LogP contribution in [-0.4, -0.2) is 68.1 Å². The van der Waals surface area contributed by atoms with Crippen LogP contribution >= 0.6 is 0 Å². The van der Waals surface area contributed by atoms with E-state index in [2.05, 4.69) is 25.3 Å². The van der Waals surface area contributed by atoms with Crippen LogP contribution in [0.15, 0.2) is 30.6 Å². The lowest BCUT2D eigenvalue weighted by Gasteiger charge is -2.30.